The van der Waals surface area contributed by atoms with Crippen LogP contribution in [0.25, 0.3) is 0 Å². The summed E-state index contributed by atoms with van der Waals surface area (Å²) in [6.45, 7) is 0.727. The highest BCUT2D eigenvalue weighted by atomic mass is 16.5. The van der Waals surface area contributed by atoms with Crippen LogP contribution in [0, 0.1) is 0 Å². The van der Waals surface area contributed by atoms with E-state index in [1.807, 2.05) is 0 Å². The fraction of sp³-hybridized carbons (Fsp3) is 0.500. The fourth-order valence-corrected chi connectivity index (χ4v) is 2.25. The lowest BCUT2D eigenvalue weighted by atomic mass is 9.80. The van der Waals surface area contributed by atoms with E-state index in [1.165, 1.54) is 13.5 Å². The lowest BCUT2D eigenvalue weighted by molar-refractivity contribution is -0.0601. The molecule has 1 aliphatic carbocycles. The van der Waals surface area contributed by atoms with E-state index < -0.39 is 0 Å². The number of hydrogen-bond acceptors (Lipinski definition) is 5. The van der Waals surface area contributed by atoms with Gasteiger partial charge in [0.25, 0.3) is 0 Å². The molecule has 0 heterocycles. The third-order valence-electron chi connectivity index (χ3n) is 3.77. The molecule has 0 aromatic heterocycles. The van der Waals surface area contributed by atoms with Gasteiger partial charge in [-0.2, -0.15) is 0 Å². The van der Waals surface area contributed by atoms with Crippen LogP contribution in [0.15, 0.2) is 18.2 Å². The molecule has 5 heteroatoms. The van der Waals surface area contributed by atoms with Crippen LogP contribution in [-0.4, -0.2) is 32.3 Å². The van der Waals surface area contributed by atoms with Gasteiger partial charge in [0, 0.05) is 13.7 Å². The van der Waals surface area contributed by atoms with Gasteiger partial charge in [-0.25, -0.2) is 4.79 Å². The lowest BCUT2D eigenvalue weighted by Crippen LogP contribution is -2.45. The molecule has 1 aromatic carbocycles. The van der Waals surface area contributed by atoms with Crippen LogP contribution < -0.4 is 11.1 Å². The second-order valence-electron chi connectivity index (χ2n) is 4.89. The van der Waals surface area contributed by atoms with Gasteiger partial charge in [0.15, 0.2) is 0 Å². The molecule has 1 saturated carbocycles. The number of benzene rings is 1. The lowest BCUT2D eigenvalue weighted by Gasteiger charge is -2.40. The molecule has 0 saturated heterocycles. The summed E-state index contributed by atoms with van der Waals surface area (Å²) in [7, 11) is 3.09. The first-order valence-corrected chi connectivity index (χ1v) is 6.37. The fourth-order valence-electron chi connectivity index (χ4n) is 2.25. The Hall–Kier alpha value is -1.75. The molecule has 2 rings (SSSR count). The van der Waals surface area contributed by atoms with Gasteiger partial charge in [-0.1, -0.05) is 0 Å². The van der Waals surface area contributed by atoms with Crippen molar-refractivity contribution < 1.29 is 14.3 Å². The van der Waals surface area contributed by atoms with Gasteiger partial charge in [0.2, 0.25) is 0 Å². The van der Waals surface area contributed by atoms with E-state index in [2.05, 4.69) is 10.1 Å². The number of ether oxygens (including phenoxy) is 2. The molecule has 0 unspecified atom stereocenters. The van der Waals surface area contributed by atoms with Crippen LogP contribution in [0.2, 0.25) is 0 Å². The van der Waals surface area contributed by atoms with E-state index in [1.54, 1.807) is 25.3 Å². The number of esters is 1. The first-order chi connectivity index (χ1) is 9.10. The van der Waals surface area contributed by atoms with Gasteiger partial charge < -0.3 is 20.5 Å². The molecule has 0 aliphatic heterocycles. The van der Waals surface area contributed by atoms with Crippen LogP contribution in [0.4, 0.5) is 11.4 Å². The van der Waals surface area contributed by atoms with Gasteiger partial charge in [-0.05, 0) is 37.5 Å². The Labute approximate surface area is 113 Å². The van der Waals surface area contributed by atoms with Gasteiger partial charge >= 0.3 is 5.97 Å². The van der Waals surface area contributed by atoms with Crippen LogP contribution in [-0.2, 0) is 9.47 Å². The number of hydrogen-bond donors (Lipinski definition) is 2. The molecule has 0 bridgehead atoms. The summed E-state index contributed by atoms with van der Waals surface area (Å²) in [5.74, 6) is -0.384. The maximum atomic E-state index is 11.4. The molecule has 19 heavy (non-hydrogen) atoms. The van der Waals surface area contributed by atoms with Gasteiger partial charge in [-0.15, -0.1) is 0 Å². The molecule has 1 fully saturated rings. The van der Waals surface area contributed by atoms with Crippen molar-refractivity contribution in [3.8, 4) is 0 Å². The normalized spacial score (nSPS) is 16.5. The average molecular weight is 264 g/mol. The molecule has 104 valence electrons. The number of carbonyl (C=O) groups is 1. The molecular weight excluding hydrogens is 244 g/mol. The Bertz CT molecular complexity index is 464. The Morgan fingerprint density at radius 3 is 2.63 bits per heavy atom. The summed E-state index contributed by atoms with van der Waals surface area (Å²) in [6, 6.07) is 5.11. The molecule has 1 aliphatic rings. The highest BCUT2D eigenvalue weighted by Crippen LogP contribution is 2.35. The second-order valence-corrected chi connectivity index (χ2v) is 4.89. The van der Waals surface area contributed by atoms with Gasteiger partial charge in [-0.3, -0.25) is 0 Å². The third-order valence-corrected chi connectivity index (χ3v) is 3.77. The van der Waals surface area contributed by atoms with E-state index in [4.69, 9.17) is 10.5 Å². The number of methoxy groups -OCH3 is 2. The Morgan fingerprint density at radius 2 is 2.16 bits per heavy atom. The third kappa shape index (κ3) is 2.81. The number of nitrogens with one attached hydrogen (secondary N) is 1. The van der Waals surface area contributed by atoms with Crippen molar-refractivity contribution in [2.75, 3.05) is 31.8 Å². The molecule has 5 nitrogen and oxygen atoms in total. The zero-order chi connectivity index (χ0) is 13.9. The predicted octanol–water partition coefficient (Wildman–Crippen LogP) is 2.04. The molecule has 0 amide bonds. The minimum Gasteiger partial charge on any atom is -0.465 e. The topological polar surface area (TPSA) is 73.6 Å². The van der Waals surface area contributed by atoms with E-state index in [0.717, 1.165) is 25.1 Å². The highest BCUT2D eigenvalue weighted by molar-refractivity contribution is 5.91. The summed E-state index contributed by atoms with van der Waals surface area (Å²) >= 11 is 0. The van der Waals surface area contributed by atoms with Crippen molar-refractivity contribution in [2.24, 2.45) is 0 Å². The van der Waals surface area contributed by atoms with Crippen LogP contribution in [0.1, 0.15) is 29.6 Å². The van der Waals surface area contributed by atoms with Crippen LogP contribution in [0.5, 0.6) is 0 Å². The monoisotopic (exact) mass is 264 g/mol. The summed E-state index contributed by atoms with van der Waals surface area (Å²) < 4.78 is 10.2. The smallest absolute Gasteiger partial charge is 0.337 e. The molecule has 0 atom stereocenters. The Kier molecular flexibility index (Phi) is 3.95. The molecule has 0 spiro atoms. The van der Waals surface area contributed by atoms with E-state index in [0.29, 0.717) is 11.3 Å². The van der Waals surface area contributed by atoms with Crippen molar-refractivity contribution in [1.29, 1.82) is 0 Å². The van der Waals surface area contributed by atoms with Crippen LogP contribution in [0.3, 0.4) is 0 Å². The Morgan fingerprint density at radius 1 is 1.42 bits per heavy atom. The SMILES string of the molecule is COC(=O)c1ccc(NCC2(OC)CCC2)c(N)c1. The summed E-state index contributed by atoms with van der Waals surface area (Å²) in [4.78, 5) is 11.4. The number of nitrogen functional groups attached to an aromatic ring is 1. The minimum atomic E-state index is -0.384. The summed E-state index contributed by atoms with van der Waals surface area (Å²) in [5.41, 5.74) is 7.68. The highest BCUT2D eigenvalue weighted by Gasteiger charge is 2.36. The first kappa shape index (κ1) is 13.7. The molecule has 0 radical (unpaired) electrons. The number of nitrogens with two attached hydrogens (primary N) is 1. The summed E-state index contributed by atoms with van der Waals surface area (Å²) in [5, 5.41) is 3.29. The van der Waals surface area contributed by atoms with E-state index in [9.17, 15) is 4.79 Å². The Balaban J connectivity index is 2.03. The maximum Gasteiger partial charge on any atom is 0.337 e. The van der Waals surface area contributed by atoms with Gasteiger partial charge in [0.05, 0.1) is 29.6 Å². The zero-order valence-electron chi connectivity index (χ0n) is 11.4. The zero-order valence-corrected chi connectivity index (χ0v) is 11.4. The van der Waals surface area contributed by atoms with Crippen molar-refractivity contribution >= 4 is 17.3 Å². The van der Waals surface area contributed by atoms with Crippen molar-refractivity contribution in [3.63, 3.8) is 0 Å². The molecular formula is C14H20N2O3. The van der Waals surface area contributed by atoms with Crippen molar-refractivity contribution in [1.82, 2.24) is 0 Å². The largest absolute Gasteiger partial charge is 0.465 e. The molecule has 3 N–H and O–H groups in total. The number of rotatable bonds is 5. The first-order valence-electron chi connectivity index (χ1n) is 6.37. The van der Waals surface area contributed by atoms with Crippen molar-refractivity contribution in [2.45, 2.75) is 24.9 Å². The second kappa shape index (κ2) is 5.48. The predicted molar refractivity (Wildman–Crippen MR) is 74.3 cm³/mol. The number of anilines is 2. The maximum absolute atomic E-state index is 11.4. The van der Waals surface area contributed by atoms with Crippen LogP contribution >= 0.6 is 0 Å². The average Bonchev–Trinajstić information content (AvgIpc) is 2.38. The van der Waals surface area contributed by atoms with E-state index in [-0.39, 0.29) is 11.6 Å². The summed E-state index contributed by atoms with van der Waals surface area (Å²) in [6.07, 6.45) is 3.33. The minimum absolute atomic E-state index is 0.0620. The van der Waals surface area contributed by atoms with E-state index >= 15 is 0 Å². The van der Waals surface area contributed by atoms with Crippen molar-refractivity contribution in [3.05, 3.63) is 23.8 Å². The molecule has 1 aromatic rings. The number of carbonyl (C=O) groups excluding carboxylic acids is 1. The standard InChI is InChI=1S/C14H20N2O3/c1-18-13(17)10-4-5-12(11(15)8-10)16-9-14(19-2)6-3-7-14/h4-5,8,16H,3,6-7,9,15H2,1-2H3. The van der Waals surface area contributed by atoms with Gasteiger partial charge in [0.1, 0.15) is 0 Å². The quantitative estimate of drug-likeness (QED) is 0.629.